The fraction of sp³-hybridized carbons (Fsp3) is 0.545. The van der Waals surface area contributed by atoms with E-state index in [1.165, 1.54) is 5.56 Å². The van der Waals surface area contributed by atoms with Gasteiger partial charge in [0.2, 0.25) is 0 Å². The summed E-state index contributed by atoms with van der Waals surface area (Å²) < 4.78 is 5.03. The van der Waals surface area contributed by atoms with Crippen LogP contribution in [0, 0.1) is 0 Å². The first-order valence-electron chi connectivity index (χ1n) is 5.32. The first-order chi connectivity index (χ1) is 7.29. The van der Waals surface area contributed by atoms with Crippen LogP contribution in [0.25, 0.3) is 0 Å². The van der Waals surface area contributed by atoms with Crippen LogP contribution in [0.5, 0.6) is 0 Å². The number of furan rings is 1. The number of nitrogens with zero attached hydrogens (tertiary/aromatic N) is 2. The Labute approximate surface area is 90.0 Å². The Morgan fingerprint density at radius 2 is 2.53 bits per heavy atom. The van der Waals surface area contributed by atoms with Gasteiger partial charge in [0.25, 0.3) is 0 Å². The second-order valence-corrected chi connectivity index (χ2v) is 3.90. The number of aliphatic imine (C=N–C) groups is 1. The maximum Gasteiger partial charge on any atom is 0.194 e. The van der Waals surface area contributed by atoms with Crippen molar-refractivity contribution in [1.82, 2.24) is 10.2 Å². The molecule has 0 radical (unpaired) electrons. The minimum atomic E-state index is 0.506. The molecule has 2 heterocycles. The molecular weight excluding hydrogens is 190 g/mol. The van der Waals surface area contributed by atoms with E-state index < -0.39 is 0 Å². The predicted molar refractivity (Wildman–Crippen MR) is 59.7 cm³/mol. The van der Waals surface area contributed by atoms with Gasteiger partial charge in [0.1, 0.15) is 0 Å². The van der Waals surface area contributed by atoms with Crippen LogP contribution >= 0.6 is 0 Å². The van der Waals surface area contributed by atoms with Gasteiger partial charge >= 0.3 is 0 Å². The van der Waals surface area contributed by atoms with Crippen LogP contribution in [0.15, 0.2) is 28.0 Å². The zero-order chi connectivity index (χ0) is 10.7. The molecule has 1 unspecified atom stereocenters. The van der Waals surface area contributed by atoms with E-state index in [0.717, 1.165) is 25.5 Å². The SMILES string of the molecule is CCC1CN=C(N(C)Cc2ccoc2)N1. The highest BCUT2D eigenvalue weighted by Crippen LogP contribution is 2.07. The molecule has 1 aliphatic heterocycles. The molecule has 0 aliphatic carbocycles. The number of rotatable bonds is 3. The molecule has 82 valence electrons. The normalized spacial score (nSPS) is 19.9. The van der Waals surface area contributed by atoms with E-state index in [4.69, 9.17) is 4.42 Å². The van der Waals surface area contributed by atoms with Crippen molar-refractivity contribution in [1.29, 1.82) is 0 Å². The monoisotopic (exact) mass is 207 g/mol. The molecule has 0 saturated carbocycles. The number of hydrogen-bond donors (Lipinski definition) is 1. The Kier molecular flexibility index (Phi) is 2.94. The highest BCUT2D eigenvalue weighted by atomic mass is 16.3. The standard InChI is InChI=1S/C11H17N3O/c1-3-10-6-12-11(13-10)14(2)7-9-4-5-15-8-9/h4-5,8,10H,3,6-7H2,1-2H3,(H,12,13). The third-order valence-corrected chi connectivity index (χ3v) is 2.65. The second-order valence-electron chi connectivity index (χ2n) is 3.90. The van der Waals surface area contributed by atoms with Crippen molar-refractivity contribution in [2.75, 3.05) is 13.6 Å². The number of hydrogen-bond acceptors (Lipinski definition) is 4. The molecule has 0 fully saturated rings. The van der Waals surface area contributed by atoms with E-state index in [1.807, 2.05) is 13.1 Å². The molecular formula is C11H17N3O. The molecule has 1 aliphatic rings. The molecule has 0 aromatic carbocycles. The second kappa shape index (κ2) is 4.38. The first kappa shape index (κ1) is 10.1. The Bertz CT molecular complexity index is 332. The number of nitrogens with one attached hydrogen (secondary N) is 1. The Morgan fingerprint density at radius 1 is 1.67 bits per heavy atom. The van der Waals surface area contributed by atoms with Crippen LogP contribution in [0.3, 0.4) is 0 Å². The maximum absolute atomic E-state index is 5.03. The van der Waals surface area contributed by atoms with Gasteiger partial charge in [0, 0.05) is 25.2 Å². The molecule has 2 rings (SSSR count). The van der Waals surface area contributed by atoms with Crippen LogP contribution in [0.1, 0.15) is 18.9 Å². The molecule has 0 spiro atoms. The Hall–Kier alpha value is -1.45. The van der Waals surface area contributed by atoms with E-state index in [-0.39, 0.29) is 0 Å². The van der Waals surface area contributed by atoms with Crippen molar-refractivity contribution in [2.45, 2.75) is 25.9 Å². The van der Waals surface area contributed by atoms with Gasteiger partial charge in [0.05, 0.1) is 19.1 Å². The highest BCUT2D eigenvalue weighted by Gasteiger charge is 2.18. The van der Waals surface area contributed by atoms with Crippen LogP contribution in [-0.4, -0.2) is 30.5 Å². The van der Waals surface area contributed by atoms with Crippen LogP contribution in [-0.2, 0) is 6.54 Å². The third-order valence-electron chi connectivity index (χ3n) is 2.65. The van der Waals surface area contributed by atoms with Crippen molar-refractivity contribution in [3.8, 4) is 0 Å². The minimum absolute atomic E-state index is 0.506. The topological polar surface area (TPSA) is 40.8 Å². The average Bonchev–Trinajstić information content (AvgIpc) is 2.86. The lowest BCUT2D eigenvalue weighted by molar-refractivity contribution is 0.471. The van der Waals surface area contributed by atoms with Gasteiger partial charge in [-0.05, 0) is 12.5 Å². The molecule has 4 heteroatoms. The van der Waals surface area contributed by atoms with Gasteiger partial charge in [-0.25, -0.2) is 0 Å². The molecule has 1 aromatic heterocycles. The lowest BCUT2D eigenvalue weighted by Gasteiger charge is -2.19. The van der Waals surface area contributed by atoms with E-state index in [0.29, 0.717) is 6.04 Å². The van der Waals surface area contributed by atoms with Crippen molar-refractivity contribution >= 4 is 5.96 Å². The van der Waals surface area contributed by atoms with Crippen LogP contribution < -0.4 is 5.32 Å². The van der Waals surface area contributed by atoms with Crippen molar-refractivity contribution < 1.29 is 4.42 Å². The summed E-state index contributed by atoms with van der Waals surface area (Å²) in [5, 5.41) is 3.40. The average molecular weight is 207 g/mol. The van der Waals surface area contributed by atoms with E-state index in [1.54, 1.807) is 12.5 Å². The van der Waals surface area contributed by atoms with Gasteiger partial charge in [-0.3, -0.25) is 4.99 Å². The highest BCUT2D eigenvalue weighted by molar-refractivity contribution is 5.81. The van der Waals surface area contributed by atoms with Gasteiger partial charge in [-0.2, -0.15) is 0 Å². The van der Waals surface area contributed by atoms with Gasteiger partial charge < -0.3 is 14.6 Å². The summed E-state index contributed by atoms with van der Waals surface area (Å²) in [6.07, 6.45) is 4.58. The summed E-state index contributed by atoms with van der Waals surface area (Å²) in [5.41, 5.74) is 1.17. The van der Waals surface area contributed by atoms with Crippen molar-refractivity contribution in [3.05, 3.63) is 24.2 Å². The van der Waals surface area contributed by atoms with Crippen molar-refractivity contribution in [2.24, 2.45) is 4.99 Å². The molecule has 0 bridgehead atoms. The number of guanidine groups is 1. The lowest BCUT2D eigenvalue weighted by Crippen LogP contribution is -2.39. The molecule has 15 heavy (non-hydrogen) atoms. The Balaban J connectivity index is 1.89. The van der Waals surface area contributed by atoms with E-state index >= 15 is 0 Å². The smallest absolute Gasteiger partial charge is 0.194 e. The predicted octanol–water partition coefficient (Wildman–Crippen LogP) is 1.45. The van der Waals surface area contributed by atoms with Gasteiger partial charge in [-0.1, -0.05) is 6.92 Å². The molecule has 1 N–H and O–H groups in total. The zero-order valence-electron chi connectivity index (χ0n) is 9.23. The van der Waals surface area contributed by atoms with Gasteiger partial charge in [0.15, 0.2) is 5.96 Å². The molecule has 0 saturated heterocycles. The maximum atomic E-state index is 5.03. The molecule has 0 amide bonds. The minimum Gasteiger partial charge on any atom is -0.472 e. The van der Waals surface area contributed by atoms with Crippen molar-refractivity contribution in [3.63, 3.8) is 0 Å². The summed E-state index contributed by atoms with van der Waals surface area (Å²) >= 11 is 0. The quantitative estimate of drug-likeness (QED) is 0.815. The van der Waals surface area contributed by atoms with E-state index in [9.17, 15) is 0 Å². The Morgan fingerprint density at radius 3 is 3.13 bits per heavy atom. The summed E-state index contributed by atoms with van der Waals surface area (Å²) in [5.74, 6) is 0.989. The molecule has 1 atom stereocenters. The lowest BCUT2D eigenvalue weighted by atomic mass is 10.2. The zero-order valence-corrected chi connectivity index (χ0v) is 9.23. The van der Waals surface area contributed by atoms with Gasteiger partial charge in [-0.15, -0.1) is 0 Å². The summed E-state index contributed by atoms with van der Waals surface area (Å²) in [6.45, 7) is 3.90. The largest absolute Gasteiger partial charge is 0.472 e. The van der Waals surface area contributed by atoms with Crippen LogP contribution in [0.2, 0.25) is 0 Å². The summed E-state index contributed by atoms with van der Waals surface area (Å²) in [6, 6.07) is 2.48. The summed E-state index contributed by atoms with van der Waals surface area (Å²) in [7, 11) is 2.04. The molecule has 1 aromatic rings. The fourth-order valence-corrected chi connectivity index (χ4v) is 1.66. The van der Waals surface area contributed by atoms with E-state index in [2.05, 4.69) is 22.1 Å². The fourth-order valence-electron chi connectivity index (χ4n) is 1.66. The molecule has 4 nitrogen and oxygen atoms in total. The first-order valence-corrected chi connectivity index (χ1v) is 5.32. The van der Waals surface area contributed by atoms with Crippen LogP contribution in [0.4, 0.5) is 0 Å². The summed E-state index contributed by atoms with van der Waals surface area (Å²) in [4.78, 5) is 6.58. The third kappa shape index (κ3) is 2.32.